The highest BCUT2D eigenvalue weighted by Gasteiger charge is 2.22. The SMILES string of the molecule is CC(Nc1ccc2c(c1)Sc1cccc(-c3cc(N4CCOCC4)cc(=O)[nH]3)c1S2)c1cc(Cl)ncn1. The number of hydrogen-bond acceptors (Lipinski definition) is 8. The first-order valence-electron chi connectivity index (χ1n) is 12.0. The average Bonchev–Trinajstić information content (AvgIpc) is 2.91. The molecule has 2 aliphatic heterocycles. The number of morpholine rings is 1. The Labute approximate surface area is 228 Å². The number of nitrogens with one attached hydrogen (secondary N) is 2. The Bertz CT molecular complexity index is 1520. The van der Waals surface area contributed by atoms with Crippen LogP contribution in [0, 0.1) is 0 Å². The van der Waals surface area contributed by atoms with Crippen LogP contribution >= 0.6 is 35.1 Å². The van der Waals surface area contributed by atoms with E-state index in [9.17, 15) is 4.79 Å². The molecule has 4 heterocycles. The Morgan fingerprint density at radius 2 is 1.89 bits per heavy atom. The maximum atomic E-state index is 12.6. The monoisotopic (exact) mass is 549 g/mol. The van der Waals surface area contributed by atoms with Crippen molar-refractivity contribution in [2.24, 2.45) is 0 Å². The zero-order valence-electron chi connectivity index (χ0n) is 20.0. The molecule has 6 rings (SSSR count). The molecule has 0 radical (unpaired) electrons. The standard InChI is InChI=1S/C27H24ClN5O2S2/c1-16(20-14-25(28)30-15-29-20)31-17-5-6-22-24(11-17)36-23-4-2-3-19(27(23)37-22)21-12-18(13-26(34)32-21)33-7-9-35-10-8-33/h2-6,11-16,31H,7-10H2,1H3,(H,32,34). The number of fused-ring (bicyclic) bond motifs is 2. The van der Waals surface area contributed by atoms with E-state index in [0.29, 0.717) is 18.4 Å². The fourth-order valence-electron chi connectivity index (χ4n) is 4.49. The molecule has 2 aromatic carbocycles. The predicted octanol–water partition coefficient (Wildman–Crippen LogP) is 6.11. The van der Waals surface area contributed by atoms with Crippen LogP contribution in [0.5, 0.6) is 0 Å². The second-order valence-corrected chi connectivity index (χ2v) is 11.4. The fraction of sp³-hybridized carbons (Fsp3) is 0.222. The Hall–Kier alpha value is -2.98. The Balaban J connectivity index is 1.27. The van der Waals surface area contributed by atoms with E-state index in [-0.39, 0.29) is 11.6 Å². The van der Waals surface area contributed by atoms with Crippen molar-refractivity contribution in [3.8, 4) is 11.3 Å². The second kappa shape index (κ2) is 10.4. The third-order valence-electron chi connectivity index (χ3n) is 6.33. The van der Waals surface area contributed by atoms with Gasteiger partial charge >= 0.3 is 0 Å². The lowest BCUT2D eigenvalue weighted by Crippen LogP contribution is -2.36. The van der Waals surface area contributed by atoms with Crippen molar-refractivity contribution >= 4 is 46.5 Å². The molecule has 0 spiro atoms. The van der Waals surface area contributed by atoms with Crippen LogP contribution in [0.2, 0.25) is 5.15 Å². The minimum Gasteiger partial charge on any atom is -0.378 e. The number of pyridine rings is 1. The molecular weight excluding hydrogens is 526 g/mol. The summed E-state index contributed by atoms with van der Waals surface area (Å²) in [5.74, 6) is 0. The van der Waals surface area contributed by atoms with E-state index in [1.807, 2.05) is 6.92 Å². The van der Waals surface area contributed by atoms with Crippen molar-refractivity contribution < 1.29 is 4.74 Å². The minimum absolute atomic E-state index is 0.0192. The van der Waals surface area contributed by atoms with Gasteiger partial charge in [-0.3, -0.25) is 4.79 Å². The van der Waals surface area contributed by atoms with Gasteiger partial charge in [-0.2, -0.15) is 0 Å². The van der Waals surface area contributed by atoms with Gasteiger partial charge in [0.25, 0.3) is 0 Å². The molecule has 2 aromatic heterocycles. The van der Waals surface area contributed by atoms with Gasteiger partial charge in [0.2, 0.25) is 5.56 Å². The number of H-pyrrole nitrogens is 1. The molecule has 37 heavy (non-hydrogen) atoms. The molecule has 1 atom stereocenters. The summed E-state index contributed by atoms with van der Waals surface area (Å²) in [4.78, 5) is 30.8. The van der Waals surface area contributed by atoms with Gasteiger partial charge in [-0.15, -0.1) is 0 Å². The summed E-state index contributed by atoms with van der Waals surface area (Å²) in [5.41, 5.74) is 4.55. The highest BCUT2D eigenvalue weighted by molar-refractivity contribution is 8.05. The van der Waals surface area contributed by atoms with Crippen LogP contribution in [-0.4, -0.2) is 41.3 Å². The van der Waals surface area contributed by atoms with Gasteiger partial charge < -0.3 is 19.9 Å². The summed E-state index contributed by atoms with van der Waals surface area (Å²) in [5, 5.41) is 3.95. The first-order chi connectivity index (χ1) is 18.0. The number of halogens is 1. The van der Waals surface area contributed by atoms with E-state index in [1.54, 1.807) is 35.7 Å². The molecule has 0 saturated carbocycles. The minimum atomic E-state index is -0.0970. The highest BCUT2D eigenvalue weighted by atomic mass is 35.5. The lowest BCUT2D eigenvalue weighted by molar-refractivity contribution is 0.122. The quantitative estimate of drug-likeness (QED) is 0.254. The summed E-state index contributed by atoms with van der Waals surface area (Å²) in [7, 11) is 0. The second-order valence-electron chi connectivity index (χ2n) is 8.85. The van der Waals surface area contributed by atoms with Crippen molar-refractivity contribution in [1.29, 1.82) is 0 Å². The number of benzene rings is 2. The number of anilines is 2. The predicted molar refractivity (Wildman–Crippen MR) is 149 cm³/mol. The lowest BCUT2D eigenvalue weighted by atomic mass is 10.1. The fourth-order valence-corrected chi connectivity index (χ4v) is 7.06. The van der Waals surface area contributed by atoms with Crippen LogP contribution in [-0.2, 0) is 4.74 Å². The molecule has 10 heteroatoms. The van der Waals surface area contributed by atoms with Crippen molar-refractivity contribution in [1.82, 2.24) is 15.0 Å². The van der Waals surface area contributed by atoms with Crippen LogP contribution in [0.4, 0.5) is 11.4 Å². The maximum Gasteiger partial charge on any atom is 0.250 e. The van der Waals surface area contributed by atoms with Gasteiger partial charge in [0.05, 0.1) is 30.6 Å². The van der Waals surface area contributed by atoms with Gasteiger partial charge in [0.1, 0.15) is 11.5 Å². The van der Waals surface area contributed by atoms with E-state index in [0.717, 1.165) is 46.3 Å². The molecular formula is C27H24ClN5O2S2. The molecule has 2 aliphatic rings. The highest BCUT2D eigenvalue weighted by Crippen LogP contribution is 2.52. The third kappa shape index (κ3) is 5.22. The van der Waals surface area contributed by atoms with E-state index in [1.165, 1.54) is 21.0 Å². The molecule has 7 nitrogen and oxygen atoms in total. The number of hydrogen-bond donors (Lipinski definition) is 2. The van der Waals surface area contributed by atoms with E-state index < -0.39 is 0 Å². The van der Waals surface area contributed by atoms with Gasteiger partial charge in [0.15, 0.2) is 0 Å². The van der Waals surface area contributed by atoms with E-state index >= 15 is 0 Å². The van der Waals surface area contributed by atoms with Crippen LogP contribution < -0.4 is 15.8 Å². The number of nitrogens with zero attached hydrogens (tertiary/aromatic N) is 3. The molecule has 1 fully saturated rings. The van der Waals surface area contributed by atoms with Gasteiger partial charge in [-0.05, 0) is 43.3 Å². The molecule has 0 amide bonds. The summed E-state index contributed by atoms with van der Waals surface area (Å²) >= 11 is 9.51. The topological polar surface area (TPSA) is 83.1 Å². The molecule has 0 aliphatic carbocycles. The molecule has 4 aromatic rings. The summed E-state index contributed by atoms with van der Waals surface area (Å²) in [6.07, 6.45) is 1.48. The smallest absolute Gasteiger partial charge is 0.250 e. The molecule has 1 unspecified atom stereocenters. The molecule has 188 valence electrons. The van der Waals surface area contributed by atoms with Crippen molar-refractivity contribution in [3.63, 3.8) is 0 Å². The Morgan fingerprint density at radius 3 is 2.73 bits per heavy atom. The van der Waals surface area contributed by atoms with Gasteiger partial charge in [-0.25, -0.2) is 9.97 Å². The number of rotatable bonds is 5. The summed E-state index contributed by atoms with van der Waals surface area (Å²) in [6.45, 7) is 4.97. The Kier molecular flexibility index (Phi) is 6.86. The van der Waals surface area contributed by atoms with Crippen molar-refractivity contribution in [2.75, 3.05) is 36.5 Å². The number of aromatic amines is 1. The van der Waals surface area contributed by atoms with Crippen LogP contribution in [0.15, 0.2) is 85.3 Å². The molecule has 1 saturated heterocycles. The van der Waals surface area contributed by atoms with Gasteiger partial charge in [-0.1, -0.05) is 47.3 Å². The normalized spacial score (nSPS) is 15.6. The largest absolute Gasteiger partial charge is 0.378 e. The number of ether oxygens (including phenoxy) is 1. The van der Waals surface area contributed by atoms with E-state index in [2.05, 4.69) is 67.6 Å². The first kappa shape index (κ1) is 24.4. The van der Waals surface area contributed by atoms with E-state index in [4.69, 9.17) is 16.3 Å². The molecule has 0 bridgehead atoms. The zero-order chi connectivity index (χ0) is 25.4. The van der Waals surface area contributed by atoms with Crippen molar-refractivity contribution in [2.45, 2.75) is 32.5 Å². The third-order valence-corrected chi connectivity index (χ3v) is 9.13. The average molecular weight is 550 g/mol. The molecule has 2 N–H and O–H groups in total. The lowest BCUT2D eigenvalue weighted by Gasteiger charge is -2.29. The maximum absolute atomic E-state index is 12.6. The Morgan fingerprint density at radius 1 is 1.03 bits per heavy atom. The van der Waals surface area contributed by atoms with Crippen LogP contribution in [0.3, 0.4) is 0 Å². The zero-order valence-corrected chi connectivity index (χ0v) is 22.4. The van der Waals surface area contributed by atoms with Crippen LogP contribution in [0.25, 0.3) is 11.3 Å². The first-order valence-corrected chi connectivity index (χ1v) is 14.0. The number of aromatic nitrogens is 3. The van der Waals surface area contributed by atoms with Crippen LogP contribution in [0.1, 0.15) is 18.7 Å². The summed E-state index contributed by atoms with van der Waals surface area (Å²) in [6, 6.07) is 18.2. The summed E-state index contributed by atoms with van der Waals surface area (Å²) < 4.78 is 5.48. The van der Waals surface area contributed by atoms with Gasteiger partial charge in [0, 0.05) is 55.7 Å². The van der Waals surface area contributed by atoms with Crippen molar-refractivity contribution in [3.05, 3.63) is 82.1 Å².